The number of carbonyl (C=O) groups is 3. The van der Waals surface area contributed by atoms with E-state index in [-0.39, 0.29) is 30.2 Å². The van der Waals surface area contributed by atoms with Gasteiger partial charge in [0.05, 0.1) is 5.92 Å². The van der Waals surface area contributed by atoms with Gasteiger partial charge in [0.25, 0.3) is 0 Å². The van der Waals surface area contributed by atoms with Crippen molar-refractivity contribution in [2.24, 2.45) is 11.8 Å². The highest BCUT2D eigenvalue weighted by Gasteiger charge is 2.40. The van der Waals surface area contributed by atoms with E-state index in [1.807, 2.05) is 19.1 Å². The van der Waals surface area contributed by atoms with Crippen molar-refractivity contribution in [1.82, 2.24) is 5.32 Å². The molecule has 23 heavy (non-hydrogen) atoms. The molecule has 5 nitrogen and oxygen atoms in total. The number of esters is 1. The lowest BCUT2D eigenvalue weighted by Crippen LogP contribution is -2.21. The van der Waals surface area contributed by atoms with Crippen LogP contribution in [0.25, 0.3) is 0 Å². The van der Waals surface area contributed by atoms with Crippen molar-refractivity contribution in [3.05, 3.63) is 35.4 Å². The fourth-order valence-corrected chi connectivity index (χ4v) is 2.39. The summed E-state index contributed by atoms with van der Waals surface area (Å²) in [5.41, 5.74) is 1.66. The van der Waals surface area contributed by atoms with Crippen molar-refractivity contribution < 1.29 is 19.1 Å². The molecule has 1 aromatic rings. The molecular formula is C18H23NO4. The van der Waals surface area contributed by atoms with Crippen LogP contribution in [-0.2, 0) is 20.7 Å². The fourth-order valence-electron chi connectivity index (χ4n) is 2.39. The van der Waals surface area contributed by atoms with Crippen molar-refractivity contribution >= 4 is 17.7 Å². The smallest absolute Gasteiger partial charge is 0.309 e. The Morgan fingerprint density at radius 1 is 1.22 bits per heavy atom. The standard InChI is InChI=1S/C18H23NO4/c1-12-10-16(12)18(22)23-11-17(21)15-7-5-14(6-8-15)4-3-9-19-13(2)20/h5-8,12,16H,3-4,9-11H2,1-2H3,(H,19,20)/t12-,16-/m1/s1. The van der Waals surface area contributed by atoms with Gasteiger partial charge in [-0.05, 0) is 30.7 Å². The summed E-state index contributed by atoms with van der Waals surface area (Å²) in [6.45, 7) is 3.95. The molecule has 124 valence electrons. The van der Waals surface area contributed by atoms with E-state index in [1.165, 1.54) is 6.92 Å². The molecule has 2 atom stereocenters. The van der Waals surface area contributed by atoms with Gasteiger partial charge in [-0.15, -0.1) is 0 Å². The lowest BCUT2D eigenvalue weighted by molar-refractivity contribution is -0.144. The number of aryl methyl sites for hydroxylation is 1. The van der Waals surface area contributed by atoms with Gasteiger partial charge in [-0.3, -0.25) is 14.4 Å². The summed E-state index contributed by atoms with van der Waals surface area (Å²) in [7, 11) is 0. The minimum atomic E-state index is -0.263. The normalized spacial score (nSPS) is 19.0. The van der Waals surface area contributed by atoms with Crippen LogP contribution in [0, 0.1) is 11.8 Å². The Morgan fingerprint density at radius 2 is 1.87 bits per heavy atom. The van der Waals surface area contributed by atoms with Crippen molar-refractivity contribution in [3.8, 4) is 0 Å². The van der Waals surface area contributed by atoms with E-state index >= 15 is 0 Å². The molecule has 1 N–H and O–H groups in total. The maximum atomic E-state index is 12.0. The van der Waals surface area contributed by atoms with Gasteiger partial charge in [0.2, 0.25) is 5.91 Å². The maximum absolute atomic E-state index is 12.0. The lowest BCUT2D eigenvalue weighted by atomic mass is 10.1. The minimum absolute atomic E-state index is 0.0196. The predicted molar refractivity (Wildman–Crippen MR) is 86.0 cm³/mol. The minimum Gasteiger partial charge on any atom is -0.457 e. The Hall–Kier alpha value is -2.17. The third-order valence-corrected chi connectivity index (χ3v) is 4.05. The number of ketones is 1. The number of nitrogens with one attached hydrogen (secondary N) is 1. The Kier molecular flexibility index (Phi) is 5.90. The Morgan fingerprint density at radius 3 is 2.43 bits per heavy atom. The van der Waals surface area contributed by atoms with Crippen LogP contribution in [0.2, 0.25) is 0 Å². The molecule has 0 bridgehead atoms. The van der Waals surface area contributed by atoms with E-state index in [0.717, 1.165) is 24.8 Å². The molecule has 1 aliphatic carbocycles. The lowest BCUT2D eigenvalue weighted by Gasteiger charge is -2.06. The highest BCUT2D eigenvalue weighted by molar-refractivity contribution is 5.98. The summed E-state index contributed by atoms with van der Waals surface area (Å²) in [5, 5.41) is 2.75. The molecule has 0 aliphatic heterocycles. The second kappa shape index (κ2) is 7.90. The second-order valence-electron chi connectivity index (χ2n) is 6.13. The molecule has 0 saturated heterocycles. The quantitative estimate of drug-likeness (QED) is 0.453. The fraction of sp³-hybridized carbons (Fsp3) is 0.500. The van der Waals surface area contributed by atoms with E-state index in [2.05, 4.69) is 5.32 Å². The predicted octanol–water partition coefficient (Wildman–Crippen LogP) is 2.14. The SMILES string of the molecule is CC(=O)NCCCc1ccc(C(=O)COC(=O)[C@@H]2C[C@H]2C)cc1. The Balaban J connectivity index is 1.73. The average molecular weight is 317 g/mol. The van der Waals surface area contributed by atoms with Crippen LogP contribution in [0.4, 0.5) is 0 Å². The molecule has 2 rings (SSSR count). The second-order valence-corrected chi connectivity index (χ2v) is 6.13. The number of rotatable bonds is 8. The molecule has 1 fully saturated rings. The molecule has 1 aliphatic rings. The number of ether oxygens (including phenoxy) is 1. The van der Waals surface area contributed by atoms with Crippen LogP contribution < -0.4 is 5.32 Å². The number of amides is 1. The van der Waals surface area contributed by atoms with Gasteiger partial charge < -0.3 is 10.1 Å². The first-order chi connectivity index (χ1) is 11.0. The van der Waals surface area contributed by atoms with Gasteiger partial charge >= 0.3 is 5.97 Å². The molecule has 0 aromatic heterocycles. The molecule has 1 aromatic carbocycles. The maximum Gasteiger partial charge on any atom is 0.309 e. The van der Waals surface area contributed by atoms with Crippen molar-refractivity contribution in [3.63, 3.8) is 0 Å². The van der Waals surface area contributed by atoms with Crippen LogP contribution in [0.5, 0.6) is 0 Å². The van der Waals surface area contributed by atoms with Crippen LogP contribution in [0.1, 0.15) is 42.6 Å². The zero-order valence-corrected chi connectivity index (χ0v) is 13.6. The van der Waals surface area contributed by atoms with Crippen molar-refractivity contribution in [2.75, 3.05) is 13.2 Å². The molecule has 0 heterocycles. The molecule has 1 amide bonds. The first-order valence-electron chi connectivity index (χ1n) is 8.00. The topological polar surface area (TPSA) is 72.5 Å². The van der Waals surface area contributed by atoms with Crippen molar-refractivity contribution in [2.45, 2.75) is 33.1 Å². The van der Waals surface area contributed by atoms with Gasteiger partial charge in [-0.2, -0.15) is 0 Å². The first kappa shape index (κ1) is 17.2. The van der Waals surface area contributed by atoms with Crippen LogP contribution in [-0.4, -0.2) is 30.8 Å². The molecule has 1 saturated carbocycles. The zero-order valence-electron chi connectivity index (χ0n) is 13.6. The van der Waals surface area contributed by atoms with Gasteiger partial charge in [0, 0.05) is 19.0 Å². The number of carbonyl (C=O) groups excluding carboxylic acids is 3. The van der Waals surface area contributed by atoms with E-state index in [9.17, 15) is 14.4 Å². The number of Topliss-reactive ketones (excluding diaryl/α,β-unsaturated/α-hetero) is 1. The third-order valence-electron chi connectivity index (χ3n) is 4.05. The number of hydrogen-bond donors (Lipinski definition) is 1. The summed E-state index contributed by atoms with van der Waals surface area (Å²) in [6.07, 6.45) is 2.55. The summed E-state index contributed by atoms with van der Waals surface area (Å²) < 4.78 is 5.06. The summed E-state index contributed by atoms with van der Waals surface area (Å²) in [6, 6.07) is 7.30. The van der Waals surface area contributed by atoms with Gasteiger partial charge in [0.1, 0.15) is 0 Å². The molecule has 0 unspecified atom stereocenters. The number of hydrogen-bond acceptors (Lipinski definition) is 4. The zero-order chi connectivity index (χ0) is 16.8. The Labute approximate surface area is 136 Å². The van der Waals surface area contributed by atoms with Gasteiger partial charge in [-0.25, -0.2) is 0 Å². The van der Waals surface area contributed by atoms with Gasteiger partial charge in [0.15, 0.2) is 12.4 Å². The van der Waals surface area contributed by atoms with Gasteiger partial charge in [-0.1, -0.05) is 31.2 Å². The molecule has 5 heteroatoms. The average Bonchev–Trinajstić information content (AvgIpc) is 3.26. The van der Waals surface area contributed by atoms with E-state index in [1.54, 1.807) is 12.1 Å². The van der Waals surface area contributed by atoms with Crippen LogP contribution in [0.15, 0.2) is 24.3 Å². The summed E-state index contributed by atoms with van der Waals surface area (Å²) >= 11 is 0. The summed E-state index contributed by atoms with van der Waals surface area (Å²) in [4.78, 5) is 34.4. The van der Waals surface area contributed by atoms with Crippen LogP contribution in [0.3, 0.4) is 0 Å². The van der Waals surface area contributed by atoms with E-state index in [4.69, 9.17) is 4.74 Å². The monoisotopic (exact) mass is 317 g/mol. The van der Waals surface area contributed by atoms with Crippen LogP contribution >= 0.6 is 0 Å². The number of benzene rings is 1. The van der Waals surface area contributed by atoms with E-state index in [0.29, 0.717) is 18.0 Å². The first-order valence-corrected chi connectivity index (χ1v) is 8.00. The largest absolute Gasteiger partial charge is 0.457 e. The molecule has 0 spiro atoms. The molecule has 0 radical (unpaired) electrons. The van der Waals surface area contributed by atoms with E-state index < -0.39 is 0 Å². The Bertz CT molecular complexity index is 579. The summed E-state index contributed by atoms with van der Waals surface area (Å²) in [5.74, 6) is -0.110. The van der Waals surface area contributed by atoms with Crippen molar-refractivity contribution in [1.29, 1.82) is 0 Å². The highest BCUT2D eigenvalue weighted by Crippen LogP contribution is 2.38. The highest BCUT2D eigenvalue weighted by atomic mass is 16.5. The molecular weight excluding hydrogens is 294 g/mol. The third kappa shape index (κ3) is 5.51.